The summed E-state index contributed by atoms with van der Waals surface area (Å²) in [6.45, 7) is -0.837. The van der Waals surface area contributed by atoms with Gasteiger partial charge in [-0.15, -0.1) is 0 Å². The molecule has 0 aliphatic rings. The maximum absolute atomic E-state index is 12.2. The minimum atomic E-state index is -4.52. The summed E-state index contributed by atoms with van der Waals surface area (Å²) >= 11 is 0. The summed E-state index contributed by atoms with van der Waals surface area (Å²) in [5.41, 5.74) is 5.75. The molecule has 2 atom stereocenters. The Bertz CT molecular complexity index is 771. The summed E-state index contributed by atoms with van der Waals surface area (Å²) in [4.78, 5) is 41.1. The number of rotatable bonds is 6. The first kappa shape index (κ1) is 21.1. The fourth-order valence-corrected chi connectivity index (χ4v) is 2.14. The smallest absolute Gasteiger partial charge is 1.00 e. The predicted octanol–water partition coefficient (Wildman–Crippen LogP) is -4.96. The van der Waals surface area contributed by atoms with Gasteiger partial charge < -0.3 is 31.9 Å². The first-order chi connectivity index (χ1) is 10.7. The summed E-state index contributed by atoms with van der Waals surface area (Å²) in [5.74, 6) is -0.928. The molecule has 24 heavy (non-hydrogen) atoms. The second kappa shape index (κ2) is 8.43. The van der Waals surface area contributed by atoms with E-state index in [1.807, 2.05) is 0 Å². The fourth-order valence-electron chi connectivity index (χ4n) is 1.75. The van der Waals surface area contributed by atoms with Crippen LogP contribution in [0.5, 0.6) is 0 Å². The first-order valence-electron chi connectivity index (χ1n) is 6.17. The maximum Gasteiger partial charge on any atom is 1.00 e. The molecule has 0 radical (unpaired) electrons. The van der Waals surface area contributed by atoms with Crippen molar-refractivity contribution in [3.63, 3.8) is 0 Å². The van der Waals surface area contributed by atoms with Crippen LogP contribution in [0.3, 0.4) is 0 Å². The number of hydrogen-bond acceptors (Lipinski definition) is 9. The van der Waals surface area contributed by atoms with Gasteiger partial charge in [0, 0.05) is 0 Å². The molecular weight excluding hydrogens is 356 g/mol. The molecule has 0 bridgehead atoms. The van der Waals surface area contributed by atoms with Crippen LogP contribution in [-0.4, -0.2) is 70.6 Å². The van der Waals surface area contributed by atoms with E-state index < -0.39 is 38.7 Å². The number of hydrogen-bond donors (Lipinski definition) is 5. The van der Waals surface area contributed by atoms with Crippen LogP contribution in [0.25, 0.3) is 11.2 Å². The van der Waals surface area contributed by atoms with Gasteiger partial charge in [-0.05, 0) is 0 Å². The number of carbonyl (C=O) groups is 1. The zero-order chi connectivity index (χ0) is 17.2. The molecular formula is C10H15N5NaO7P. The van der Waals surface area contributed by atoms with Gasteiger partial charge in [-0.3, -0.25) is 13.9 Å². The van der Waals surface area contributed by atoms with Crippen molar-refractivity contribution >= 4 is 30.5 Å². The van der Waals surface area contributed by atoms with Crippen molar-refractivity contribution in [2.24, 2.45) is 0 Å². The SMILES string of the molecule is Nc1ncnc2c1ncn2C(=O)[C@H](O)[C@H](CO)OCP(=O)(O)O.[H-].[Na+]. The number of aliphatic hydroxyl groups excluding tert-OH is 2. The number of anilines is 1. The Morgan fingerprint density at radius 1 is 1.42 bits per heavy atom. The quantitative estimate of drug-likeness (QED) is 0.241. The summed E-state index contributed by atoms with van der Waals surface area (Å²) in [7, 11) is -4.52. The second-order valence-electron chi connectivity index (χ2n) is 4.51. The largest absolute Gasteiger partial charge is 1.00 e. The second-order valence-corrected chi connectivity index (χ2v) is 6.10. The summed E-state index contributed by atoms with van der Waals surface area (Å²) in [6.07, 6.45) is -2.34. The minimum Gasteiger partial charge on any atom is -1.00 e. The van der Waals surface area contributed by atoms with Crippen molar-refractivity contribution in [2.75, 3.05) is 18.7 Å². The molecule has 2 aromatic rings. The number of aromatic nitrogens is 4. The molecule has 12 nitrogen and oxygen atoms in total. The van der Waals surface area contributed by atoms with E-state index in [1.54, 1.807) is 0 Å². The summed E-state index contributed by atoms with van der Waals surface area (Å²) < 4.78 is 16.3. The standard InChI is InChI=1S/C10H14N5O7P.Na.H/c11-8-6-9(13-2-12-8)15(3-14-6)10(18)7(17)5(1-16)22-4-23(19,20)21;;/h2-3,5,7,16-17H,1,4H2,(H2,11,12,13)(H2,19,20,21);;/q;+1;-1/t5-,7+;;/m0../s1. The van der Waals surface area contributed by atoms with E-state index >= 15 is 0 Å². The summed E-state index contributed by atoms with van der Waals surface area (Å²) in [5, 5.41) is 19.1. The molecule has 2 rings (SSSR count). The minimum absolute atomic E-state index is 0. The van der Waals surface area contributed by atoms with E-state index in [0.29, 0.717) is 0 Å². The van der Waals surface area contributed by atoms with Crippen molar-refractivity contribution in [1.29, 1.82) is 0 Å². The van der Waals surface area contributed by atoms with Gasteiger partial charge in [-0.1, -0.05) is 0 Å². The van der Waals surface area contributed by atoms with E-state index in [1.165, 1.54) is 0 Å². The van der Waals surface area contributed by atoms with Crippen molar-refractivity contribution in [3.05, 3.63) is 12.7 Å². The molecule has 0 saturated carbocycles. The van der Waals surface area contributed by atoms with Crippen LogP contribution in [0.15, 0.2) is 12.7 Å². The fraction of sp³-hybridized carbons (Fsp3) is 0.400. The number of aliphatic hydroxyl groups is 2. The average Bonchev–Trinajstić information content (AvgIpc) is 2.91. The third-order valence-corrected chi connectivity index (χ3v) is 3.33. The molecule has 6 N–H and O–H groups in total. The molecule has 0 aromatic carbocycles. The van der Waals surface area contributed by atoms with Gasteiger partial charge in [0.1, 0.15) is 25.1 Å². The topological polar surface area (TPSA) is 194 Å². The Morgan fingerprint density at radius 2 is 2.08 bits per heavy atom. The zero-order valence-electron chi connectivity index (χ0n) is 13.6. The molecule has 2 heterocycles. The van der Waals surface area contributed by atoms with Crippen molar-refractivity contribution in [2.45, 2.75) is 12.2 Å². The Hall–Kier alpha value is -0.950. The number of imidazole rings is 1. The Balaban J connectivity index is 0.00000288. The molecule has 0 saturated heterocycles. The van der Waals surface area contributed by atoms with E-state index in [2.05, 4.69) is 15.0 Å². The third kappa shape index (κ3) is 4.79. The number of nitrogens with two attached hydrogens (primary N) is 1. The molecule has 0 fully saturated rings. The van der Waals surface area contributed by atoms with Gasteiger partial charge in [0.05, 0.1) is 6.61 Å². The van der Waals surface area contributed by atoms with Gasteiger partial charge in [0.15, 0.2) is 23.1 Å². The van der Waals surface area contributed by atoms with Crippen LogP contribution in [0, 0.1) is 0 Å². The van der Waals surface area contributed by atoms with Crippen LogP contribution in [0.4, 0.5) is 5.82 Å². The van der Waals surface area contributed by atoms with Crippen molar-refractivity contribution in [1.82, 2.24) is 19.5 Å². The van der Waals surface area contributed by atoms with Crippen LogP contribution >= 0.6 is 7.60 Å². The molecule has 0 aliphatic carbocycles. The molecule has 128 valence electrons. The number of nitrogen functional groups attached to an aromatic ring is 1. The van der Waals surface area contributed by atoms with Crippen molar-refractivity contribution < 1.29 is 65.1 Å². The number of ether oxygens (including phenoxy) is 1. The number of carbonyl (C=O) groups excluding carboxylic acids is 1. The van der Waals surface area contributed by atoms with Gasteiger partial charge in [0.25, 0.3) is 5.91 Å². The molecule has 0 aliphatic heterocycles. The van der Waals surface area contributed by atoms with Crippen LogP contribution in [0.1, 0.15) is 6.22 Å². The Morgan fingerprint density at radius 3 is 2.67 bits per heavy atom. The van der Waals surface area contributed by atoms with E-state index in [9.17, 15) is 14.5 Å². The molecule has 0 spiro atoms. The molecule has 14 heteroatoms. The van der Waals surface area contributed by atoms with Crippen LogP contribution in [-0.2, 0) is 9.30 Å². The van der Waals surface area contributed by atoms with E-state index in [4.69, 9.17) is 25.4 Å². The first-order valence-corrected chi connectivity index (χ1v) is 7.97. The number of fused-ring (bicyclic) bond motifs is 1. The average molecular weight is 371 g/mol. The number of nitrogens with zero attached hydrogens (tertiary/aromatic N) is 4. The van der Waals surface area contributed by atoms with E-state index in [0.717, 1.165) is 17.2 Å². The van der Waals surface area contributed by atoms with Crippen LogP contribution in [0.2, 0.25) is 0 Å². The molecule has 2 aromatic heterocycles. The van der Waals surface area contributed by atoms with Crippen molar-refractivity contribution in [3.8, 4) is 0 Å². The monoisotopic (exact) mass is 371 g/mol. The Labute approximate surface area is 158 Å². The third-order valence-electron chi connectivity index (χ3n) is 2.84. The van der Waals surface area contributed by atoms with Gasteiger partial charge in [0.2, 0.25) is 0 Å². The van der Waals surface area contributed by atoms with Gasteiger partial charge in [-0.2, -0.15) is 0 Å². The maximum atomic E-state index is 12.2. The predicted molar refractivity (Wildman–Crippen MR) is 76.4 cm³/mol. The Kier molecular flexibility index (Phi) is 7.41. The van der Waals surface area contributed by atoms with Crippen LogP contribution < -0.4 is 35.3 Å². The molecule has 0 unspecified atom stereocenters. The van der Waals surface area contributed by atoms with Gasteiger partial charge in [-0.25, -0.2) is 15.0 Å². The van der Waals surface area contributed by atoms with E-state index in [-0.39, 0.29) is 48.0 Å². The zero-order valence-corrected chi connectivity index (χ0v) is 15.4. The normalized spacial score (nSPS) is 14.2. The summed E-state index contributed by atoms with van der Waals surface area (Å²) in [6, 6.07) is 0. The molecule has 0 amide bonds. The van der Waals surface area contributed by atoms with Gasteiger partial charge >= 0.3 is 37.2 Å².